The van der Waals surface area contributed by atoms with Crippen LogP contribution in [0.1, 0.15) is 42.4 Å². The minimum Gasteiger partial charge on any atom is -0.461 e. The molecule has 0 atom stereocenters. The van der Waals surface area contributed by atoms with E-state index < -0.39 is 0 Å². The number of hydrogen-bond acceptors (Lipinski definition) is 4. The Morgan fingerprint density at radius 2 is 2.29 bits per heavy atom. The largest absolute Gasteiger partial charge is 0.461 e. The molecule has 0 aliphatic heterocycles. The van der Waals surface area contributed by atoms with Crippen LogP contribution in [0.4, 0.5) is 5.69 Å². The van der Waals surface area contributed by atoms with Crippen LogP contribution in [0, 0.1) is 5.92 Å². The van der Waals surface area contributed by atoms with E-state index in [1.54, 1.807) is 7.05 Å². The van der Waals surface area contributed by atoms with Crippen molar-refractivity contribution in [3.63, 3.8) is 0 Å². The van der Waals surface area contributed by atoms with Crippen molar-refractivity contribution in [1.29, 1.82) is 0 Å². The Kier molecular flexibility index (Phi) is 3.36. The summed E-state index contributed by atoms with van der Waals surface area (Å²) in [7, 11) is 1.72. The number of rotatable bonds is 4. The highest BCUT2D eigenvalue weighted by molar-refractivity contribution is 5.93. The molecule has 1 aromatic heterocycles. The van der Waals surface area contributed by atoms with Crippen LogP contribution in [0.5, 0.6) is 0 Å². The number of ether oxygens (including phenoxy) is 1. The van der Waals surface area contributed by atoms with Crippen LogP contribution in [-0.4, -0.2) is 22.4 Å². The highest BCUT2D eigenvalue weighted by Gasteiger charge is 2.23. The number of esters is 1. The first kappa shape index (κ1) is 12.0. The molecule has 0 saturated heterocycles. The smallest absolute Gasteiger partial charge is 0.358 e. The summed E-state index contributed by atoms with van der Waals surface area (Å²) in [5.41, 5.74) is 7.47. The van der Waals surface area contributed by atoms with Gasteiger partial charge in [0.1, 0.15) is 0 Å². The molecule has 0 unspecified atom stereocenters. The van der Waals surface area contributed by atoms with Gasteiger partial charge in [-0.2, -0.15) is 5.10 Å². The first-order chi connectivity index (χ1) is 8.13. The number of carbonyl (C=O) groups excluding carboxylic acids is 1. The van der Waals surface area contributed by atoms with Gasteiger partial charge in [-0.3, -0.25) is 4.68 Å². The lowest BCUT2D eigenvalue weighted by Gasteiger charge is -2.24. The van der Waals surface area contributed by atoms with Crippen molar-refractivity contribution < 1.29 is 9.53 Å². The van der Waals surface area contributed by atoms with Crippen LogP contribution in [0.25, 0.3) is 0 Å². The number of hydrogen-bond donors (Lipinski definition) is 1. The van der Waals surface area contributed by atoms with Crippen LogP contribution in [0.3, 0.4) is 0 Å². The van der Waals surface area contributed by atoms with Gasteiger partial charge in [0.2, 0.25) is 0 Å². The zero-order chi connectivity index (χ0) is 12.4. The molecule has 1 fully saturated rings. The number of nitrogens with two attached hydrogens (primary N) is 1. The second-order valence-electron chi connectivity index (χ2n) is 4.58. The molecular weight excluding hydrogens is 218 g/mol. The number of nitrogen functional groups attached to an aromatic ring is 1. The molecular formula is C12H19N3O2. The predicted octanol–water partition coefficient (Wildman–Crippen LogP) is 1.52. The van der Waals surface area contributed by atoms with Crippen molar-refractivity contribution in [2.24, 2.45) is 13.0 Å². The molecule has 0 aromatic carbocycles. The molecule has 0 amide bonds. The fourth-order valence-electron chi connectivity index (χ4n) is 2.02. The Morgan fingerprint density at radius 3 is 2.76 bits per heavy atom. The second kappa shape index (κ2) is 4.77. The predicted molar refractivity (Wildman–Crippen MR) is 64.6 cm³/mol. The van der Waals surface area contributed by atoms with Gasteiger partial charge < -0.3 is 10.5 Å². The Bertz CT molecular complexity index is 422. The van der Waals surface area contributed by atoms with Crippen LogP contribution in [-0.2, 0) is 18.2 Å². The third-order valence-corrected chi connectivity index (χ3v) is 3.36. The molecule has 0 spiro atoms. The summed E-state index contributed by atoms with van der Waals surface area (Å²) in [4.78, 5) is 11.9. The maximum absolute atomic E-state index is 11.9. The van der Waals surface area contributed by atoms with Gasteiger partial charge in [0.05, 0.1) is 18.0 Å². The van der Waals surface area contributed by atoms with E-state index in [-0.39, 0.29) is 5.97 Å². The standard InChI is InChI=1S/C12H19N3O2/c1-3-9-10(13)11(15(2)14-9)12(16)17-7-8-5-4-6-8/h8H,3-7,13H2,1-2H3. The molecule has 0 radical (unpaired) electrons. The Morgan fingerprint density at radius 1 is 1.59 bits per heavy atom. The van der Waals surface area contributed by atoms with Gasteiger partial charge in [0.15, 0.2) is 5.69 Å². The zero-order valence-electron chi connectivity index (χ0n) is 10.4. The highest BCUT2D eigenvalue weighted by atomic mass is 16.5. The molecule has 1 saturated carbocycles. The van der Waals surface area contributed by atoms with Crippen LogP contribution >= 0.6 is 0 Å². The first-order valence-electron chi connectivity index (χ1n) is 6.12. The molecule has 17 heavy (non-hydrogen) atoms. The van der Waals surface area contributed by atoms with Crippen molar-refractivity contribution in [3.8, 4) is 0 Å². The van der Waals surface area contributed by atoms with Crippen molar-refractivity contribution >= 4 is 11.7 Å². The Hall–Kier alpha value is -1.52. The van der Waals surface area contributed by atoms with Crippen LogP contribution in [0.2, 0.25) is 0 Å². The van der Waals surface area contributed by atoms with Crippen LogP contribution < -0.4 is 5.73 Å². The number of anilines is 1. The molecule has 94 valence electrons. The topological polar surface area (TPSA) is 70.1 Å². The van der Waals surface area contributed by atoms with Crippen molar-refractivity contribution in [2.45, 2.75) is 32.6 Å². The van der Waals surface area contributed by atoms with Crippen molar-refractivity contribution in [1.82, 2.24) is 9.78 Å². The van der Waals surface area contributed by atoms with E-state index in [9.17, 15) is 4.79 Å². The summed E-state index contributed by atoms with van der Waals surface area (Å²) in [5.74, 6) is 0.183. The van der Waals surface area contributed by atoms with E-state index in [2.05, 4.69) is 5.10 Å². The van der Waals surface area contributed by atoms with Gasteiger partial charge in [-0.1, -0.05) is 13.3 Å². The monoisotopic (exact) mass is 237 g/mol. The number of nitrogens with zero attached hydrogens (tertiary/aromatic N) is 2. The number of aryl methyl sites for hydroxylation is 2. The molecule has 2 N–H and O–H groups in total. The molecule has 2 rings (SSSR count). The van der Waals surface area contributed by atoms with Gasteiger partial charge in [0.25, 0.3) is 0 Å². The highest BCUT2D eigenvalue weighted by Crippen LogP contribution is 2.27. The minimum atomic E-state index is -0.357. The van der Waals surface area contributed by atoms with E-state index in [1.165, 1.54) is 11.1 Å². The molecule has 5 heteroatoms. The zero-order valence-corrected chi connectivity index (χ0v) is 10.4. The van der Waals surface area contributed by atoms with E-state index in [4.69, 9.17) is 10.5 Å². The lowest BCUT2D eigenvalue weighted by Crippen LogP contribution is -2.21. The second-order valence-corrected chi connectivity index (χ2v) is 4.58. The third kappa shape index (κ3) is 2.28. The van der Waals surface area contributed by atoms with Crippen LogP contribution in [0.15, 0.2) is 0 Å². The molecule has 0 bridgehead atoms. The minimum absolute atomic E-state index is 0.357. The van der Waals surface area contributed by atoms with E-state index in [1.807, 2.05) is 6.92 Å². The van der Waals surface area contributed by atoms with Gasteiger partial charge >= 0.3 is 5.97 Å². The van der Waals surface area contributed by atoms with E-state index in [0.717, 1.165) is 25.0 Å². The maximum atomic E-state index is 11.9. The maximum Gasteiger partial charge on any atom is 0.358 e. The normalized spacial score (nSPS) is 15.6. The summed E-state index contributed by atoms with van der Waals surface area (Å²) < 4.78 is 6.78. The van der Waals surface area contributed by atoms with Gasteiger partial charge in [-0.25, -0.2) is 4.79 Å². The summed E-state index contributed by atoms with van der Waals surface area (Å²) in [6.07, 6.45) is 4.29. The lowest BCUT2D eigenvalue weighted by atomic mass is 9.86. The molecule has 5 nitrogen and oxygen atoms in total. The Labute approximate surface area is 101 Å². The van der Waals surface area contributed by atoms with E-state index >= 15 is 0 Å². The molecule has 1 aliphatic rings. The molecule has 1 heterocycles. The van der Waals surface area contributed by atoms with Gasteiger partial charge in [-0.05, 0) is 25.2 Å². The summed E-state index contributed by atoms with van der Waals surface area (Å²) in [6, 6.07) is 0. The number of carbonyl (C=O) groups is 1. The summed E-state index contributed by atoms with van der Waals surface area (Å²) >= 11 is 0. The first-order valence-corrected chi connectivity index (χ1v) is 6.12. The van der Waals surface area contributed by atoms with E-state index in [0.29, 0.717) is 23.9 Å². The molecule has 1 aromatic rings. The SMILES string of the molecule is CCc1nn(C)c(C(=O)OCC2CCC2)c1N. The average Bonchev–Trinajstić information content (AvgIpc) is 2.51. The third-order valence-electron chi connectivity index (χ3n) is 3.36. The average molecular weight is 237 g/mol. The molecule has 1 aliphatic carbocycles. The fourth-order valence-corrected chi connectivity index (χ4v) is 2.02. The van der Waals surface area contributed by atoms with Gasteiger partial charge in [-0.15, -0.1) is 0 Å². The summed E-state index contributed by atoms with van der Waals surface area (Å²) in [5, 5.41) is 4.20. The fraction of sp³-hybridized carbons (Fsp3) is 0.667. The van der Waals surface area contributed by atoms with Crippen molar-refractivity contribution in [2.75, 3.05) is 12.3 Å². The lowest BCUT2D eigenvalue weighted by molar-refractivity contribution is 0.0360. The quantitative estimate of drug-likeness (QED) is 0.806. The number of aromatic nitrogens is 2. The van der Waals surface area contributed by atoms with Gasteiger partial charge in [0, 0.05) is 7.05 Å². The van der Waals surface area contributed by atoms with Crippen molar-refractivity contribution in [3.05, 3.63) is 11.4 Å². The Balaban J connectivity index is 2.04. The summed E-state index contributed by atoms with van der Waals surface area (Å²) in [6.45, 7) is 2.47.